The summed E-state index contributed by atoms with van der Waals surface area (Å²) in [5, 5.41) is 9.31. The molecule has 0 saturated carbocycles. The van der Waals surface area contributed by atoms with Crippen molar-refractivity contribution in [2.75, 3.05) is 13.2 Å². The molecular formula is C19H24N4O. The van der Waals surface area contributed by atoms with Crippen LogP contribution in [0.25, 0.3) is 10.9 Å². The summed E-state index contributed by atoms with van der Waals surface area (Å²) in [5.41, 5.74) is 3.74. The first kappa shape index (κ1) is 15.4. The monoisotopic (exact) mass is 324 g/mol. The molecule has 0 unspecified atom stereocenters. The van der Waals surface area contributed by atoms with E-state index in [2.05, 4.69) is 52.8 Å². The Balaban J connectivity index is 1.39. The third kappa shape index (κ3) is 2.97. The second-order valence-electron chi connectivity index (χ2n) is 6.46. The summed E-state index contributed by atoms with van der Waals surface area (Å²) >= 11 is 0. The Hall–Kier alpha value is -2.11. The average Bonchev–Trinajstić information content (AvgIpc) is 3.34. The van der Waals surface area contributed by atoms with Gasteiger partial charge in [-0.05, 0) is 31.0 Å². The van der Waals surface area contributed by atoms with Gasteiger partial charge in [-0.15, -0.1) is 0 Å². The summed E-state index contributed by atoms with van der Waals surface area (Å²) in [4.78, 5) is 3.27. The molecule has 0 bridgehead atoms. The Bertz CT molecular complexity index is 806. The number of hydrogen-bond acceptors (Lipinski definition) is 3. The Morgan fingerprint density at radius 2 is 2.33 bits per heavy atom. The quantitative estimate of drug-likeness (QED) is 0.732. The summed E-state index contributed by atoms with van der Waals surface area (Å²) in [6.45, 7) is 5.68. The third-order valence-corrected chi connectivity index (χ3v) is 4.93. The molecule has 0 radical (unpaired) electrons. The number of benzene rings is 1. The first-order chi connectivity index (χ1) is 11.8. The van der Waals surface area contributed by atoms with Crippen molar-refractivity contribution in [1.82, 2.24) is 20.1 Å². The van der Waals surface area contributed by atoms with Crippen molar-refractivity contribution >= 4 is 10.9 Å². The minimum Gasteiger partial charge on any atom is -0.373 e. The second-order valence-corrected chi connectivity index (χ2v) is 6.46. The van der Waals surface area contributed by atoms with Gasteiger partial charge in [0.1, 0.15) is 0 Å². The number of aryl methyl sites for hydroxylation is 1. The normalized spacial score (nSPS) is 20.9. The van der Waals surface area contributed by atoms with E-state index in [1.165, 1.54) is 22.0 Å². The van der Waals surface area contributed by atoms with Gasteiger partial charge in [0, 0.05) is 61.0 Å². The van der Waals surface area contributed by atoms with Crippen molar-refractivity contribution in [3.63, 3.8) is 0 Å². The Labute approximate surface area is 142 Å². The zero-order valence-electron chi connectivity index (χ0n) is 14.0. The van der Waals surface area contributed by atoms with Crippen molar-refractivity contribution in [2.45, 2.75) is 32.5 Å². The Morgan fingerprint density at radius 3 is 3.21 bits per heavy atom. The van der Waals surface area contributed by atoms with E-state index in [9.17, 15) is 0 Å². The smallest absolute Gasteiger partial charge is 0.0896 e. The highest BCUT2D eigenvalue weighted by Crippen LogP contribution is 2.34. The van der Waals surface area contributed by atoms with Gasteiger partial charge in [0.25, 0.3) is 0 Å². The molecule has 1 aromatic carbocycles. The van der Waals surface area contributed by atoms with Crippen LogP contribution in [0.2, 0.25) is 0 Å². The van der Waals surface area contributed by atoms with Gasteiger partial charge >= 0.3 is 0 Å². The van der Waals surface area contributed by atoms with E-state index < -0.39 is 0 Å². The molecule has 4 rings (SSSR count). The fraction of sp³-hybridized carbons (Fsp3) is 0.421. The van der Waals surface area contributed by atoms with Gasteiger partial charge in [-0.1, -0.05) is 12.1 Å². The number of aromatic nitrogens is 3. The average molecular weight is 324 g/mol. The maximum absolute atomic E-state index is 5.97. The molecule has 1 fully saturated rings. The molecule has 1 aliphatic rings. The molecule has 0 amide bonds. The molecular weight excluding hydrogens is 300 g/mol. The number of hydrogen-bond donors (Lipinski definition) is 2. The third-order valence-electron chi connectivity index (χ3n) is 4.93. The van der Waals surface area contributed by atoms with Crippen LogP contribution in [-0.4, -0.2) is 27.9 Å². The lowest BCUT2D eigenvalue weighted by Crippen LogP contribution is -2.24. The van der Waals surface area contributed by atoms with Crippen LogP contribution in [0, 0.1) is 5.92 Å². The predicted octanol–water partition coefficient (Wildman–Crippen LogP) is 3.25. The highest BCUT2D eigenvalue weighted by molar-refractivity contribution is 5.82. The molecule has 24 heavy (non-hydrogen) atoms. The fourth-order valence-corrected chi connectivity index (χ4v) is 3.61. The zero-order chi connectivity index (χ0) is 16.4. The number of nitrogens with zero attached hydrogens (tertiary/aromatic N) is 2. The molecule has 1 saturated heterocycles. The molecule has 5 nitrogen and oxygen atoms in total. The summed E-state index contributed by atoms with van der Waals surface area (Å²) < 4.78 is 7.94. The molecule has 1 aliphatic heterocycles. The van der Waals surface area contributed by atoms with Crippen molar-refractivity contribution in [2.24, 2.45) is 5.92 Å². The predicted molar refractivity (Wildman–Crippen MR) is 94.7 cm³/mol. The molecule has 2 N–H and O–H groups in total. The maximum Gasteiger partial charge on any atom is 0.0896 e. The van der Waals surface area contributed by atoms with E-state index in [-0.39, 0.29) is 6.10 Å². The number of ether oxygens (including phenoxy) is 1. The Kier molecular flexibility index (Phi) is 4.36. The van der Waals surface area contributed by atoms with Crippen LogP contribution in [0.5, 0.6) is 0 Å². The number of nitrogens with one attached hydrogen (secondary N) is 2. The van der Waals surface area contributed by atoms with E-state index in [1.807, 2.05) is 17.1 Å². The highest BCUT2D eigenvalue weighted by Gasteiger charge is 2.30. The Morgan fingerprint density at radius 1 is 1.38 bits per heavy atom. The summed E-state index contributed by atoms with van der Waals surface area (Å²) in [5.74, 6) is 0.505. The van der Waals surface area contributed by atoms with Crippen LogP contribution in [0.4, 0.5) is 0 Å². The van der Waals surface area contributed by atoms with E-state index >= 15 is 0 Å². The van der Waals surface area contributed by atoms with Gasteiger partial charge in [-0.2, -0.15) is 5.10 Å². The standard InChI is InChI=1S/C19H24N4O/c1-2-23-13-16(12-22-23)19-15(7-9-24-19)11-20-10-14-4-3-5-18-17(14)6-8-21-18/h3-6,8,12-13,15,19-21H,2,7,9-11H2,1H3/t15-,19-/m1/s1. The van der Waals surface area contributed by atoms with Gasteiger partial charge in [0.2, 0.25) is 0 Å². The number of rotatable bonds is 6. The molecule has 5 heteroatoms. The van der Waals surface area contributed by atoms with Gasteiger partial charge in [0.05, 0.1) is 12.3 Å². The van der Waals surface area contributed by atoms with E-state index in [4.69, 9.17) is 4.74 Å². The minimum absolute atomic E-state index is 0.167. The van der Waals surface area contributed by atoms with Gasteiger partial charge < -0.3 is 15.0 Å². The number of H-pyrrole nitrogens is 1. The summed E-state index contributed by atoms with van der Waals surface area (Å²) in [7, 11) is 0. The van der Waals surface area contributed by atoms with Crippen LogP contribution in [0.1, 0.15) is 30.6 Å². The molecule has 2 atom stereocenters. The molecule has 3 heterocycles. The zero-order valence-corrected chi connectivity index (χ0v) is 14.0. The van der Waals surface area contributed by atoms with E-state index in [0.29, 0.717) is 5.92 Å². The first-order valence-corrected chi connectivity index (χ1v) is 8.75. The summed E-state index contributed by atoms with van der Waals surface area (Å²) in [6.07, 6.45) is 7.33. The highest BCUT2D eigenvalue weighted by atomic mass is 16.5. The van der Waals surface area contributed by atoms with Crippen molar-refractivity contribution < 1.29 is 4.74 Å². The lowest BCUT2D eigenvalue weighted by atomic mass is 9.97. The fourth-order valence-electron chi connectivity index (χ4n) is 3.61. The second kappa shape index (κ2) is 6.79. The summed E-state index contributed by atoms with van der Waals surface area (Å²) in [6, 6.07) is 8.56. The topological polar surface area (TPSA) is 54.9 Å². The molecule has 3 aromatic rings. The first-order valence-electron chi connectivity index (χ1n) is 8.75. The van der Waals surface area contributed by atoms with Crippen molar-refractivity contribution in [3.8, 4) is 0 Å². The van der Waals surface area contributed by atoms with Crippen LogP contribution in [-0.2, 0) is 17.8 Å². The maximum atomic E-state index is 5.97. The van der Waals surface area contributed by atoms with Gasteiger partial charge in [0.15, 0.2) is 0 Å². The van der Waals surface area contributed by atoms with Crippen molar-refractivity contribution in [1.29, 1.82) is 0 Å². The minimum atomic E-state index is 0.167. The van der Waals surface area contributed by atoms with Crippen LogP contribution in [0.3, 0.4) is 0 Å². The van der Waals surface area contributed by atoms with Crippen molar-refractivity contribution in [3.05, 3.63) is 54.0 Å². The number of aromatic amines is 1. The van der Waals surface area contributed by atoms with E-state index in [1.54, 1.807) is 0 Å². The van der Waals surface area contributed by atoms with Gasteiger partial charge in [-0.3, -0.25) is 4.68 Å². The van der Waals surface area contributed by atoms with E-state index in [0.717, 1.165) is 32.7 Å². The van der Waals surface area contributed by atoms with Crippen LogP contribution >= 0.6 is 0 Å². The molecule has 0 aliphatic carbocycles. The largest absolute Gasteiger partial charge is 0.373 e. The van der Waals surface area contributed by atoms with Crippen LogP contribution < -0.4 is 5.32 Å². The number of fused-ring (bicyclic) bond motifs is 1. The lowest BCUT2D eigenvalue weighted by Gasteiger charge is -2.18. The molecule has 0 spiro atoms. The SMILES string of the molecule is CCn1cc([C@@H]2OCC[C@@H]2CNCc2cccc3[nH]ccc23)cn1. The molecule has 2 aromatic heterocycles. The lowest BCUT2D eigenvalue weighted by molar-refractivity contribution is 0.0904. The van der Waals surface area contributed by atoms with Gasteiger partial charge in [-0.25, -0.2) is 0 Å². The molecule has 126 valence electrons. The van der Waals surface area contributed by atoms with Crippen LogP contribution in [0.15, 0.2) is 42.9 Å².